The Labute approximate surface area is 112 Å². The van der Waals surface area contributed by atoms with Crippen molar-refractivity contribution in [1.29, 1.82) is 0 Å². The molecule has 0 unspecified atom stereocenters. The van der Waals surface area contributed by atoms with Crippen LogP contribution in [0.15, 0.2) is 16.9 Å². The number of rotatable bonds is 4. The number of pyridine rings is 1. The fourth-order valence-corrected chi connectivity index (χ4v) is 2.18. The van der Waals surface area contributed by atoms with Gasteiger partial charge < -0.3 is 4.90 Å². The molecule has 2 aromatic heterocycles. The minimum Gasteiger partial charge on any atom is -0.341 e. The van der Waals surface area contributed by atoms with Gasteiger partial charge in [0.1, 0.15) is 5.65 Å². The zero-order chi connectivity index (χ0) is 14.0. The van der Waals surface area contributed by atoms with Crippen molar-refractivity contribution >= 4 is 11.6 Å². The Hall–Kier alpha value is -1.91. The first-order chi connectivity index (χ1) is 9.08. The van der Waals surface area contributed by atoms with Gasteiger partial charge in [-0.15, -0.1) is 0 Å². The summed E-state index contributed by atoms with van der Waals surface area (Å²) >= 11 is 0. The molecule has 0 amide bonds. The van der Waals surface area contributed by atoms with E-state index in [1.54, 1.807) is 4.40 Å². The molecule has 2 rings (SSSR count). The number of nitrogens with zero attached hydrogens (tertiary/aromatic N) is 4. The maximum atomic E-state index is 12.2. The molecule has 0 atom stereocenters. The van der Waals surface area contributed by atoms with E-state index >= 15 is 0 Å². The van der Waals surface area contributed by atoms with E-state index in [2.05, 4.69) is 16.9 Å². The first-order valence-electron chi connectivity index (χ1n) is 6.70. The Morgan fingerprint density at radius 3 is 2.58 bits per heavy atom. The van der Waals surface area contributed by atoms with E-state index in [0.717, 1.165) is 30.8 Å². The normalized spacial score (nSPS) is 10.9. The second-order valence-electron chi connectivity index (χ2n) is 4.70. The van der Waals surface area contributed by atoms with Crippen LogP contribution in [-0.4, -0.2) is 27.5 Å². The summed E-state index contributed by atoms with van der Waals surface area (Å²) in [6.07, 6.45) is 1.00. The molecule has 0 aliphatic rings. The maximum Gasteiger partial charge on any atom is 0.356 e. The van der Waals surface area contributed by atoms with Crippen LogP contribution >= 0.6 is 0 Å². The lowest BCUT2D eigenvalue weighted by Crippen LogP contribution is -2.30. The van der Waals surface area contributed by atoms with Crippen LogP contribution in [0.3, 0.4) is 0 Å². The predicted octanol–water partition coefficient (Wildman–Crippen LogP) is 1.94. The molecule has 5 nitrogen and oxygen atoms in total. The molecule has 19 heavy (non-hydrogen) atoms. The van der Waals surface area contributed by atoms with Gasteiger partial charge in [-0.1, -0.05) is 13.0 Å². The lowest BCUT2D eigenvalue weighted by molar-refractivity contribution is 0.748. The third kappa shape index (κ3) is 2.45. The highest BCUT2D eigenvalue weighted by atomic mass is 16.1. The van der Waals surface area contributed by atoms with E-state index in [4.69, 9.17) is 0 Å². The van der Waals surface area contributed by atoms with Crippen LogP contribution in [0.5, 0.6) is 0 Å². The van der Waals surface area contributed by atoms with Crippen molar-refractivity contribution in [3.05, 3.63) is 33.9 Å². The summed E-state index contributed by atoms with van der Waals surface area (Å²) in [5, 5.41) is 0. The number of aryl methyl sites for hydroxylation is 2. The number of fused-ring (bicyclic) bond motifs is 1. The number of hydrogen-bond donors (Lipinski definition) is 0. The molecule has 2 aromatic rings. The monoisotopic (exact) mass is 260 g/mol. The highest BCUT2D eigenvalue weighted by molar-refractivity contribution is 5.51. The van der Waals surface area contributed by atoms with Gasteiger partial charge in [-0.3, -0.25) is 0 Å². The Morgan fingerprint density at radius 2 is 1.95 bits per heavy atom. The number of anilines is 1. The summed E-state index contributed by atoms with van der Waals surface area (Å²) in [4.78, 5) is 22.9. The minimum atomic E-state index is -0.254. The van der Waals surface area contributed by atoms with Gasteiger partial charge in [-0.2, -0.15) is 9.97 Å². The average Bonchev–Trinajstić information content (AvgIpc) is 2.39. The second kappa shape index (κ2) is 5.38. The highest BCUT2D eigenvalue weighted by Crippen LogP contribution is 2.12. The maximum absolute atomic E-state index is 12.2. The summed E-state index contributed by atoms with van der Waals surface area (Å²) in [6, 6.07) is 3.90. The average molecular weight is 260 g/mol. The van der Waals surface area contributed by atoms with Gasteiger partial charge in [-0.25, -0.2) is 9.20 Å². The lowest BCUT2D eigenvalue weighted by Gasteiger charge is -2.20. The first-order valence-corrected chi connectivity index (χ1v) is 6.70. The molecule has 0 fully saturated rings. The van der Waals surface area contributed by atoms with Crippen molar-refractivity contribution in [3.8, 4) is 0 Å². The smallest absolute Gasteiger partial charge is 0.341 e. The van der Waals surface area contributed by atoms with Crippen molar-refractivity contribution < 1.29 is 0 Å². The van der Waals surface area contributed by atoms with Crippen molar-refractivity contribution in [2.45, 2.75) is 34.1 Å². The molecule has 0 aliphatic carbocycles. The standard InChI is InChI=1S/C14H20N4O/c1-5-9-17(6-2)13-15-12-10(3)7-8-11(4)18(12)14(19)16-13/h7-8H,5-6,9H2,1-4H3. The molecular weight excluding hydrogens is 240 g/mol. The molecule has 0 saturated heterocycles. The van der Waals surface area contributed by atoms with Crippen molar-refractivity contribution in [2.24, 2.45) is 0 Å². The van der Waals surface area contributed by atoms with Gasteiger partial charge in [0.25, 0.3) is 0 Å². The summed E-state index contributed by atoms with van der Waals surface area (Å²) < 4.78 is 1.57. The molecule has 0 spiro atoms. The highest BCUT2D eigenvalue weighted by Gasteiger charge is 2.12. The largest absolute Gasteiger partial charge is 0.356 e. The van der Waals surface area contributed by atoms with Crippen LogP contribution < -0.4 is 10.6 Å². The van der Waals surface area contributed by atoms with Crippen LogP contribution in [0.4, 0.5) is 5.95 Å². The molecule has 102 valence electrons. The number of aromatic nitrogens is 3. The van der Waals surface area contributed by atoms with E-state index in [1.807, 2.05) is 37.8 Å². The summed E-state index contributed by atoms with van der Waals surface area (Å²) in [6.45, 7) is 9.66. The van der Waals surface area contributed by atoms with E-state index in [-0.39, 0.29) is 5.69 Å². The molecule has 0 aliphatic heterocycles. The fourth-order valence-electron chi connectivity index (χ4n) is 2.18. The van der Waals surface area contributed by atoms with Gasteiger partial charge in [-0.05, 0) is 38.8 Å². The summed E-state index contributed by atoms with van der Waals surface area (Å²) in [5.74, 6) is 0.531. The Kier molecular flexibility index (Phi) is 3.83. The van der Waals surface area contributed by atoms with Gasteiger partial charge >= 0.3 is 5.69 Å². The quantitative estimate of drug-likeness (QED) is 0.843. The molecule has 0 N–H and O–H groups in total. The van der Waals surface area contributed by atoms with Crippen LogP contribution in [0.2, 0.25) is 0 Å². The Morgan fingerprint density at radius 1 is 1.21 bits per heavy atom. The SMILES string of the molecule is CCCN(CC)c1nc(=O)n2c(C)ccc(C)c2n1. The lowest BCUT2D eigenvalue weighted by atomic mass is 10.2. The van der Waals surface area contributed by atoms with E-state index < -0.39 is 0 Å². The molecule has 2 heterocycles. The van der Waals surface area contributed by atoms with Crippen molar-refractivity contribution in [1.82, 2.24) is 14.4 Å². The van der Waals surface area contributed by atoms with E-state index in [9.17, 15) is 4.79 Å². The molecule has 0 aromatic carbocycles. The van der Waals surface area contributed by atoms with Crippen LogP contribution in [0.25, 0.3) is 5.65 Å². The molecule has 0 saturated carbocycles. The molecule has 0 bridgehead atoms. The van der Waals surface area contributed by atoms with E-state index in [1.165, 1.54) is 0 Å². The zero-order valence-corrected chi connectivity index (χ0v) is 12.0. The van der Waals surface area contributed by atoms with Gasteiger partial charge in [0.15, 0.2) is 0 Å². The topological polar surface area (TPSA) is 50.5 Å². The number of hydrogen-bond acceptors (Lipinski definition) is 4. The molecular formula is C14H20N4O. The van der Waals surface area contributed by atoms with Crippen molar-refractivity contribution in [3.63, 3.8) is 0 Å². The third-order valence-electron chi connectivity index (χ3n) is 3.24. The van der Waals surface area contributed by atoms with Crippen LogP contribution in [0, 0.1) is 13.8 Å². The third-order valence-corrected chi connectivity index (χ3v) is 3.24. The predicted molar refractivity (Wildman–Crippen MR) is 76.9 cm³/mol. The van der Waals surface area contributed by atoms with E-state index in [0.29, 0.717) is 11.6 Å². The van der Waals surface area contributed by atoms with Gasteiger partial charge in [0.05, 0.1) is 0 Å². The second-order valence-corrected chi connectivity index (χ2v) is 4.70. The Balaban J connectivity index is 2.67. The van der Waals surface area contributed by atoms with Crippen molar-refractivity contribution in [2.75, 3.05) is 18.0 Å². The fraction of sp³-hybridized carbons (Fsp3) is 0.500. The molecule has 0 radical (unpaired) electrons. The van der Waals surface area contributed by atoms with Crippen LogP contribution in [0.1, 0.15) is 31.5 Å². The van der Waals surface area contributed by atoms with Gasteiger partial charge in [0, 0.05) is 18.8 Å². The van der Waals surface area contributed by atoms with Crippen LogP contribution in [-0.2, 0) is 0 Å². The zero-order valence-electron chi connectivity index (χ0n) is 12.0. The minimum absolute atomic E-state index is 0.254. The summed E-state index contributed by atoms with van der Waals surface area (Å²) in [7, 11) is 0. The van der Waals surface area contributed by atoms with Gasteiger partial charge in [0.2, 0.25) is 5.95 Å². The molecule has 5 heteroatoms. The Bertz CT molecular complexity index is 648. The summed E-state index contributed by atoms with van der Waals surface area (Å²) in [5.41, 5.74) is 2.29. The first kappa shape index (κ1) is 13.5.